The van der Waals surface area contributed by atoms with Gasteiger partial charge in [0.05, 0.1) is 17.6 Å². The van der Waals surface area contributed by atoms with Crippen molar-refractivity contribution in [3.63, 3.8) is 0 Å². The van der Waals surface area contributed by atoms with E-state index in [1.807, 2.05) is 62.4 Å². The summed E-state index contributed by atoms with van der Waals surface area (Å²) in [6, 6.07) is 14.9. The van der Waals surface area contributed by atoms with E-state index in [2.05, 4.69) is 15.5 Å². The van der Waals surface area contributed by atoms with Gasteiger partial charge in [-0.15, -0.1) is 0 Å². The molecule has 33 heavy (non-hydrogen) atoms. The normalized spacial score (nSPS) is 12.5. The number of hydrogen-bond donors (Lipinski definition) is 1. The molecular formula is C24H23N5O4. The zero-order valence-corrected chi connectivity index (χ0v) is 18.3. The van der Waals surface area contributed by atoms with Crippen LogP contribution < -0.4 is 20.3 Å². The smallest absolute Gasteiger partial charge is 0.293 e. The maximum Gasteiger partial charge on any atom is 0.293 e. The number of fused-ring (bicyclic) bond motifs is 2. The van der Waals surface area contributed by atoms with Crippen molar-refractivity contribution >= 4 is 16.8 Å². The summed E-state index contributed by atoms with van der Waals surface area (Å²) in [5.74, 6) is 1.07. The second-order valence-electron chi connectivity index (χ2n) is 8.12. The van der Waals surface area contributed by atoms with Crippen LogP contribution in [0.5, 0.6) is 11.5 Å². The van der Waals surface area contributed by atoms with E-state index in [0.29, 0.717) is 28.9 Å². The Hall–Kier alpha value is -4.14. The van der Waals surface area contributed by atoms with Gasteiger partial charge in [0.15, 0.2) is 11.5 Å². The first-order valence-electron chi connectivity index (χ1n) is 10.7. The van der Waals surface area contributed by atoms with Gasteiger partial charge in [0, 0.05) is 11.9 Å². The van der Waals surface area contributed by atoms with Crippen molar-refractivity contribution in [1.82, 2.24) is 24.9 Å². The van der Waals surface area contributed by atoms with Crippen LogP contribution in [0.1, 0.15) is 31.0 Å². The first kappa shape index (κ1) is 20.7. The zero-order valence-electron chi connectivity index (χ0n) is 18.3. The molecule has 0 aliphatic carbocycles. The fourth-order valence-electron chi connectivity index (χ4n) is 3.84. The van der Waals surface area contributed by atoms with Crippen LogP contribution in [0.4, 0.5) is 0 Å². The summed E-state index contributed by atoms with van der Waals surface area (Å²) in [4.78, 5) is 26.0. The van der Waals surface area contributed by atoms with Crippen molar-refractivity contribution < 1.29 is 14.3 Å². The van der Waals surface area contributed by atoms with E-state index >= 15 is 0 Å². The van der Waals surface area contributed by atoms with E-state index in [1.165, 1.54) is 4.68 Å². The number of hydrogen-bond acceptors (Lipinski definition) is 6. The van der Waals surface area contributed by atoms with Gasteiger partial charge >= 0.3 is 0 Å². The topological polar surface area (TPSA) is 100 Å². The third-order valence-corrected chi connectivity index (χ3v) is 5.48. The molecule has 0 unspecified atom stereocenters. The molecule has 0 saturated heterocycles. The minimum Gasteiger partial charge on any atom is -0.454 e. The first-order chi connectivity index (χ1) is 16.0. The van der Waals surface area contributed by atoms with Crippen LogP contribution in [-0.4, -0.2) is 32.3 Å². The predicted octanol–water partition coefficient (Wildman–Crippen LogP) is 2.75. The summed E-state index contributed by atoms with van der Waals surface area (Å²) in [6.07, 6.45) is 1.66. The Labute approximate surface area is 189 Å². The highest BCUT2D eigenvalue weighted by Gasteiger charge is 2.20. The molecule has 2 aromatic heterocycles. The van der Waals surface area contributed by atoms with Gasteiger partial charge in [-0.1, -0.05) is 38.1 Å². The first-order valence-corrected chi connectivity index (χ1v) is 10.7. The summed E-state index contributed by atoms with van der Waals surface area (Å²) >= 11 is 0. The van der Waals surface area contributed by atoms with Gasteiger partial charge in [0.1, 0.15) is 12.1 Å². The maximum absolute atomic E-state index is 13.3. The van der Waals surface area contributed by atoms with Crippen LogP contribution in [0.3, 0.4) is 0 Å². The molecule has 0 atom stereocenters. The molecule has 0 bridgehead atoms. The second kappa shape index (κ2) is 8.42. The predicted molar refractivity (Wildman–Crippen MR) is 122 cm³/mol. The van der Waals surface area contributed by atoms with Crippen molar-refractivity contribution in [2.24, 2.45) is 0 Å². The molecule has 9 nitrogen and oxygen atoms in total. The Morgan fingerprint density at radius 2 is 1.91 bits per heavy atom. The van der Waals surface area contributed by atoms with Crippen LogP contribution >= 0.6 is 0 Å². The highest BCUT2D eigenvalue weighted by atomic mass is 16.7. The molecule has 168 valence electrons. The molecule has 0 saturated carbocycles. The Bertz CT molecular complexity index is 1390. The number of amides is 1. The minimum atomic E-state index is -0.367. The second-order valence-corrected chi connectivity index (χ2v) is 8.12. The third-order valence-electron chi connectivity index (χ3n) is 5.48. The number of ether oxygens (including phenoxy) is 2. The Balaban J connectivity index is 1.43. The summed E-state index contributed by atoms with van der Waals surface area (Å²) in [5, 5.41) is 12.5. The summed E-state index contributed by atoms with van der Waals surface area (Å²) < 4.78 is 13.5. The molecule has 5 rings (SSSR count). The number of carbonyl (C=O) groups excluding carboxylic acids is 1. The lowest BCUT2D eigenvalue weighted by Crippen LogP contribution is -2.34. The van der Waals surface area contributed by atoms with Gasteiger partial charge in [0.25, 0.3) is 5.56 Å². The van der Waals surface area contributed by atoms with Crippen molar-refractivity contribution in [2.75, 3.05) is 6.79 Å². The fraction of sp³-hybridized carbons (Fsp3) is 0.250. The highest BCUT2D eigenvalue weighted by Crippen LogP contribution is 2.32. The molecule has 0 spiro atoms. The molecule has 1 aliphatic heterocycles. The van der Waals surface area contributed by atoms with Crippen molar-refractivity contribution in [1.29, 1.82) is 0 Å². The largest absolute Gasteiger partial charge is 0.454 e. The van der Waals surface area contributed by atoms with Crippen molar-refractivity contribution in [3.05, 3.63) is 76.3 Å². The van der Waals surface area contributed by atoms with E-state index in [0.717, 1.165) is 16.9 Å². The molecule has 2 aromatic carbocycles. The van der Waals surface area contributed by atoms with E-state index < -0.39 is 0 Å². The van der Waals surface area contributed by atoms with Gasteiger partial charge in [-0.25, -0.2) is 9.36 Å². The maximum atomic E-state index is 13.3. The van der Waals surface area contributed by atoms with Gasteiger partial charge in [0.2, 0.25) is 12.7 Å². The fourth-order valence-corrected chi connectivity index (χ4v) is 3.84. The number of nitrogens with zero attached hydrogens (tertiary/aromatic N) is 4. The average Bonchev–Trinajstić information content (AvgIpc) is 3.47. The zero-order chi connectivity index (χ0) is 22.9. The van der Waals surface area contributed by atoms with Gasteiger partial charge in [-0.3, -0.25) is 9.59 Å². The molecule has 1 aliphatic rings. The summed E-state index contributed by atoms with van der Waals surface area (Å²) in [5.41, 5.74) is 2.39. The molecule has 0 radical (unpaired) electrons. The quantitative estimate of drug-likeness (QED) is 0.490. The number of aromatic nitrogens is 4. The standard InChI is InChI=1S/C24H23N5O4/c1-15(2)22-18-12-26-29(17-6-4-3-5-7-17)23(18)24(31)28(27-22)13-21(30)25-11-16-8-9-19-20(10-16)33-14-32-19/h3-10,12,15H,11,13-14H2,1-2H3,(H,25,30). The number of para-hydroxylation sites is 1. The molecule has 4 aromatic rings. The Kier molecular flexibility index (Phi) is 5.29. The van der Waals surface area contributed by atoms with Crippen LogP contribution in [0.25, 0.3) is 16.6 Å². The van der Waals surface area contributed by atoms with E-state index in [1.54, 1.807) is 10.9 Å². The highest BCUT2D eigenvalue weighted by molar-refractivity contribution is 5.82. The van der Waals surface area contributed by atoms with E-state index in [9.17, 15) is 9.59 Å². The van der Waals surface area contributed by atoms with Gasteiger partial charge in [-0.05, 0) is 35.7 Å². The molecule has 3 heterocycles. The van der Waals surface area contributed by atoms with Gasteiger partial charge in [-0.2, -0.15) is 10.2 Å². The molecule has 0 fully saturated rings. The minimum absolute atomic E-state index is 0.0458. The molecular weight excluding hydrogens is 422 g/mol. The Morgan fingerprint density at radius 1 is 1.12 bits per heavy atom. The molecule has 9 heteroatoms. The van der Waals surface area contributed by atoms with E-state index in [4.69, 9.17) is 9.47 Å². The van der Waals surface area contributed by atoms with Crippen LogP contribution in [0, 0.1) is 0 Å². The SMILES string of the molecule is CC(C)c1nn(CC(=O)NCc2ccc3c(c2)OCO3)c(=O)c2c1cnn2-c1ccccc1. The van der Waals surface area contributed by atoms with Crippen LogP contribution in [0.2, 0.25) is 0 Å². The molecule has 1 amide bonds. The Morgan fingerprint density at radius 3 is 2.70 bits per heavy atom. The lowest BCUT2D eigenvalue weighted by atomic mass is 10.1. The number of carbonyl (C=O) groups is 1. The van der Waals surface area contributed by atoms with E-state index in [-0.39, 0.29) is 30.7 Å². The monoisotopic (exact) mass is 445 g/mol. The number of benzene rings is 2. The average molecular weight is 445 g/mol. The van der Waals surface area contributed by atoms with Crippen LogP contribution in [0.15, 0.2) is 59.5 Å². The number of nitrogens with one attached hydrogen (secondary N) is 1. The number of rotatable bonds is 6. The molecule has 1 N–H and O–H groups in total. The van der Waals surface area contributed by atoms with Crippen molar-refractivity contribution in [3.8, 4) is 17.2 Å². The third kappa shape index (κ3) is 3.93. The summed E-state index contributed by atoms with van der Waals surface area (Å²) in [7, 11) is 0. The van der Waals surface area contributed by atoms with Gasteiger partial charge < -0.3 is 14.8 Å². The lowest BCUT2D eigenvalue weighted by molar-refractivity contribution is -0.122. The lowest BCUT2D eigenvalue weighted by Gasteiger charge is -2.12. The summed E-state index contributed by atoms with van der Waals surface area (Å²) in [6.45, 7) is 4.29. The van der Waals surface area contributed by atoms with Crippen molar-refractivity contribution in [2.45, 2.75) is 32.9 Å². The van der Waals surface area contributed by atoms with Crippen LogP contribution in [-0.2, 0) is 17.9 Å².